The molecule has 0 aliphatic heterocycles. The molecule has 0 fully saturated rings. The second-order valence-corrected chi connectivity index (χ2v) is 6.02. The zero-order valence-corrected chi connectivity index (χ0v) is 10.3. The van der Waals surface area contributed by atoms with E-state index in [-0.39, 0.29) is 22.7 Å². The minimum Gasteiger partial charge on any atom is -0.478 e. The van der Waals surface area contributed by atoms with Crippen molar-refractivity contribution in [1.29, 1.82) is 5.26 Å². The van der Waals surface area contributed by atoms with Crippen molar-refractivity contribution >= 4 is 27.3 Å². The van der Waals surface area contributed by atoms with E-state index in [4.69, 9.17) is 10.4 Å². The summed E-state index contributed by atoms with van der Waals surface area (Å²) >= 11 is 0.852. The number of carboxylic acid groups (broad SMARTS) is 1. The van der Waals surface area contributed by atoms with Gasteiger partial charge in [0.05, 0.1) is 11.6 Å². The lowest BCUT2D eigenvalue weighted by atomic mass is 10.3. The van der Waals surface area contributed by atoms with Crippen LogP contribution in [0.5, 0.6) is 0 Å². The van der Waals surface area contributed by atoms with Crippen LogP contribution in [-0.4, -0.2) is 26.0 Å². The van der Waals surface area contributed by atoms with Crippen molar-refractivity contribution in [2.24, 2.45) is 0 Å². The maximum atomic E-state index is 11.7. The van der Waals surface area contributed by atoms with E-state index in [2.05, 4.69) is 4.72 Å². The molecule has 0 spiro atoms. The lowest BCUT2D eigenvalue weighted by Gasteiger charge is -2.02. The van der Waals surface area contributed by atoms with Crippen LogP contribution in [0.15, 0.2) is 15.7 Å². The largest absolute Gasteiger partial charge is 0.478 e. The first-order valence-corrected chi connectivity index (χ1v) is 7.02. The SMILES string of the molecule is N#CCCCNS(=O)(=O)c1cc(C(=O)O)cs1. The molecule has 0 radical (unpaired) electrons. The van der Waals surface area contributed by atoms with Gasteiger partial charge in [0.15, 0.2) is 0 Å². The fraction of sp³-hybridized carbons (Fsp3) is 0.333. The number of nitriles is 1. The quantitative estimate of drug-likeness (QED) is 0.753. The second-order valence-electron chi connectivity index (χ2n) is 3.12. The molecule has 0 aliphatic rings. The lowest BCUT2D eigenvalue weighted by Crippen LogP contribution is -2.23. The molecule has 0 bridgehead atoms. The predicted octanol–water partition coefficient (Wildman–Crippen LogP) is 1.03. The van der Waals surface area contributed by atoms with E-state index < -0.39 is 16.0 Å². The minimum absolute atomic E-state index is 0.0353. The highest BCUT2D eigenvalue weighted by atomic mass is 32.2. The number of carboxylic acids is 1. The van der Waals surface area contributed by atoms with E-state index in [1.54, 1.807) is 0 Å². The molecule has 6 nitrogen and oxygen atoms in total. The molecule has 0 saturated heterocycles. The summed E-state index contributed by atoms with van der Waals surface area (Å²) < 4.78 is 25.6. The molecular weight excluding hydrogens is 264 g/mol. The van der Waals surface area contributed by atoms with Gasteiger partial charge in [0, 0.05) is 18.3 Å². The summed E-state index contributed by atoms with van der Waals surface area (Å²) in [5.74, 6) is -1.16. The monoisotopic (exact) mass is 274 g/mol. The van der Waals surface area contributed by atoms with Crippen LogP contribution in [0, 0.1) is 11.3 Å². The Morgan fingerprint density at radius 3 is 2.82 bits per heavy atom. The molecule has 0 saturated carbocycles. The maximum absolute atomic E-state index is 11.7. The van der Waals surface area contributed by atoms with Crippen molar-refractivity contribution in [3.05, 3.63) is 17.0 Å². The van der Waals surface area contributed by atoms with E-state index >= 15 is 0 Å². The van der Waals surface area contributed by atoms with Crippen molar-refractivity contribution < 1.29 is 18.3 Å². The van der Waals surface area contributed by atoms with Gasteiger partial charge in [-0.05, 0) is 12.5 Å². The zero-order chi connectivity index (χ0) is 12.9. The first-order valence-electron chi connectivity index (χ1n) is 4.66. The van der Waals surface area contributed by atoms with Crippen LogP contribution in [0.2, 0.25) is 0 Å². The number of hydrogen-bond donors (Lipinski definition) is 2. The van der Waals surface area contributed by atoms with Gasteiger partial charge in [0.25, 0.3) is 0 Å². The number of nitrogens with zero attached hydrogens (tertiary/aromatic N) is 1. The molecule has 17 heavy (non-hydrogen) atoms. The number of aromatic carboxylic acids is 1. The molecule has 0 unspecified atom stereocenters. The Bertz CT molecular complexity index is 542. The second kappa shape index (κ2) is 5.77. The molecule has 2 N–H and O–H groups in total. The maximum Gasteiger partial charge on any atom is 0.336 e. The third kappa shape index (κ3) is 3.81. The molecule has 92 valence electrons. The Morgan fingerprint density at radius 2 is 2.29 bits per heavy atom. The van der Waals surface area contributed by atoms with Crippen LogP contribution in [0.25, 0.3) is 0 Å². The third-order valence-corrected chi connectivity index (χ3v) is 4.75. The summed E-state index contributed by atoms with van der Waals surface area (Å²) in [4.78, 5) is 10.6. The first-order chi connectivity index (χ1) is 7.97. The Labute approximate surface area is 103 Å². The topological polar surface area (TPSA) is 107 Å². The van der Waals surface area contributed by atoms with Crippen LogP contribution in [-0.2, 0) is 10.0 Å². The Hall–Kier alpha value is -1.43. The van der Waals surface area contributed by atoms with Crippen molar-refractivity contribution in [1.82, 2.24) is 4.72 Å². The number of carbonyl (C=O) groups is 1. The van der Waals surface area contributed by atoms with Crippen molar-refractivity contribution in [3.8, 4) is 6.07 Å². The van der Waals surface area contributed by atoms with E-state index in [9.17, 15) is 13.2 Å². The molecule has 1 aromatic heterocycles. The van der Waals surface area contributed by atoms with Crippen molar-refractivity contribution in [2.75, 3.05) is 6.54 Å². The summed E-state index contributed by atoms with van der Waals surface area (Å²) in [7, 11) is -3.66. The number of nitrogens with one attached hydrogen (secondary N) is 1. The van der Waals surface area contributed by atoms with Gasteiger partial charge in [-0.25, -0.2) is 17.9 Å². The number of hydrogen-bond acceptors (Lipinski definition) is 5. The zero-order valence-electron chi connectivity index (χ0n) is 8.71. The van der Waals surface area contributed by atoms with Gasteiger partial charge < -0.3 is 5.11 Å². The molecular formula is C9H10N2O4S2. The van der Waals surface area contributed by atoms with E-state index in [0.29, 0.717) is 6.42 Å². The Kier molecular flexibility index (Phi) is 4.62. The number of unbranched alkanes of at least 4 members (excludes halogenated alkanes) is 1. The Balaban J connectivity index is 2.69. The number of rotatable bonds is 6. The first kappa shape index (κ1) is 13.6. The van der Waals surface area contributed by atoms with Crippen LogP contribution in [0.1, 0.15) is 23.2 Å². The van der Waals surface area contributed by atoms with Gasteiger partial charge in [-0.2, -0.15) is 5.26 Å². The predicted molar refractivity (Wildman–Crippen MR) is 61.3 cm³/mol. The van der Waals surface area contributed by atoms with Gasteiger partial charge in [-0.3, -0.25) is 0 Å². The van der Waals surface area contributed by atoms with Gasteiger partial charge in [0.1, 0.15) is 4.21 Å². The highest BCUT2D eigenvalue weighted by Crippen LogP contribution is 2.19. The minimum atomic E-state index is -3.66. The van der Waals surface area contributed by atoms with Crippen LogP contribution < -0.4 is 4.72 Å². The Morgan fingerprint density at radius 1 is 1.59 bits per heavy atom. The summed E-state index contributed by atoms with van der Waals surface area (Å²) in [5, 5.41) is 18.2. The summed E-state index contributed by atoms with van der Waals surface area (Å²) in [6, 6.07) is 3.01. The molecule has 1 rings (SSSR count). The summed E-state index contributed by atoms with van der Waals surface area (Å²) in [6.45, 7) is 0.163. The van der Waals surface area contributed by atoms with Crippen molar-refractivity contribution in [2.45, 2.75) is 17.1 Å². The normalized spacial score (nSPS) is 11.0. The summed E-state index contributed by atoms with van der Waals surface area (Å²) in [5.41, 5.74) is -0.0487. The molecule has 0 aromatic carbocycles. The standard InChI is InChI=1S/C9H10N2O4S2/c10-3-1-2-4-11-17(14,15)8-5-7(6-16-8)9(12)13/h5-6,11H,1-2,4H2,(H,12,13). The fourth-order valence-electron chi connectivity index (χ4n) is 1.01. The van der Waals surface area contributed by atoms with E-state index in [1.807, 2.05) is 6.07 Å². The van der Waals surface area contributed by atoms with Gasteiger partial charge in [0.2, 0.25) is 10.0 Å². The fourth-order valence-corrected chi connectivity index (χ4v) is 3.29. The number of sulfonamides is 1. The van der Waals surface area contributed by atoms with Crippen LogP contribution >= 0.6 is 11.3 Å². The van der Waals surface area contributed by atoms with Crippen molar-refractivity contribution in [3.63, 3.8) is 0 Å². The summed E-state index contributed by atoms with van der Waals surface area (Å²) in [6.07, 6.45) is 0.695. The lowest BCUT2D eigenvalue weighted by molar-refractivity contribution is 0.0697. The van der Waals surface area contributed by atoms with E-state index in [0.717, 1.165) is 17.4 Å². The van der Waals surface area contributed by atoms with Gasteiger partial charge in [-0.1, -0.05) is 0 Å². The van der Waals surface area contributed by atoms with E-state index in [1.165, 1.54) is 5.38 Å². The molecule has 0 atom stereocenters. The highest BCUT2D eigenvalue weighted by molar-refractivity contribution is 7.91. The molecule has 0 amide bonds. The van der Waals surface area contributed by atoms with Crippen LogP contribution in [0.3, 0.4) is 0 Å². The molecule has 1 aromatic rings. The average molecular weight is 274 g/mol. The number of thiophene rings is 1. The highest BCUT2D eigenvalue weighted by Gasteiger charge is 2.18. The molecule has 8 heteroatoms. The molecule has 1 heterocycles. The molecule has 0 aliphatic carbocycles. The van der Waals surface area contributed by atoms with Gasteiger partial charge in [-0.15, -0.1) is 11.3 Å². The third-order valence-electron chi connectivity index (χ3n) is 1.84. The van der Waals surface area contributed by atoms with Crippen LogP contribution in [0.4, 0.5) is 0 Å². The van der Waals surface area contributed by atoms with Gasteiger partial charge >= 0.3 is 5.97 Å². The average Bonchev–Trinajstić information content (AvgIpc) is 2.74. The smallest absolute Gasteiger partial charge is 0.336 e.